The minimum Gasteiger partial charge on any atom is -0.370 e. The number of benzene rings is 1. The molecule has 0 amide bonds. The van der Waals surface area contributed by atoms with E-state index in [1.165, 1.54) is 0 Å². The second-order valence-electron chi connectivity index (χ2n) is 4.09. The van der Waals surface area contributed by atoms with Gasteiger partial charge in [-0.05, 0) is 24.5 Å². The zero-order valence-corrected chi connectivity index (χ0v) is 9.89. The lowest BCUT2D eigenvalue weighted by molar-refractivity contribution is 0.0973. The molecule has 1 aromatic rings. The normalized spacial score (nSPS) is 15.1. The van der Waals surface area contributed by atoms with E-state index in [-0.39, 0.29) is 17.7 Å². The Morgan fingerprint density at radius 3 is 2.67 bits per heavy atom. The lowest BCUT2D eigenvalue weighted by atomic mass is 9.89. The summed E-state index contributed by atoms with van der Waals surface area (Å²) >= 11 is 0. The predicted octanol–water partition coefficient (Wildman–Crippen LogP) is 0.425. The molecule has 0 unspecified atom stereocenters. The number of hydrogen-bond donors (Lipinski definition) is 3. The van der Waals surface area contributed by atoms with Crippen LogP contribution in [0.3, 0.4) is 0 Å². The number of carbonyl (C=O) groups is 1. The molecule has 0 spiro atoms. The fraction of sp³-hybridized carbons (Fsp3) is 0.250. The number of aliphatic imine (C=N–C) groups is 2. The summed E-state index contributed by atoms with van der Waals surface area (Å²) in [4.78, 5) is 19.6. The molecule has 0 aliphatic heterocycles. The summed E-state index contributed by atoms with van der Waals surface area (Å²) in [6, 6.07) is 5.51. The molecule has 0 aromatic heterocycles. The van der Waals surface area contributed by atoms with Crippen LogP contribution in [0.25, 0.3) is 0 Å². The summed E-state index contributed by atoms with van der Waals surface area (Å²) in [6.45, 7) is 0. The Balaban J connectivity index is 2.46. The van der Waals surface area contributed by atoms with Crippen molar-refractivity contribution in [3.05, 3.63) is 29.3 Å². The lowest BCUT2D eigenvalue weighted by Gasteiger charge is -2.16. The van der Waals surface area contributed by atoms with Gasteiger partial charge < -0.3 is 17.2 Å². The summed E-state index contributed by atoms with van der Waals surface area (Å²) in [5, 5.41) is 0. The van der Waals surface area contributed by atoms with Crippen molar-refractivity contribution >= 4 is 23.4 Å². The van der Waals surface area contributed by atoms with Crippen molar-refractivity contribution in [3.63, 3.8) is 0 Å². The molecule has 1 aromatic carbocycles. The highest BCUT2D eigenvalue weighted by molar-refractivity contribution is 6.04. The number of ketones is 1. The molecule has 94 valence electrons. The first-order chi connectivity index (χ1) is 8.58. The van der Waals surface area contributed by atoms with E-state index in [1.54, 1.807) is 6.07 Å². The van der Waals surface area contributed by atoms with Crippen LogP contribution in [0.15, 0.2) is 28.2 Å². The molecule has 18 heavy (non-hydrogen) atoms. The molecule has 0 fully saturated rings. The minimum absolute atomic E-state index is 0.0539. The smallest absolute Gasteiger partial charge is 0.223 e. The van der Waals surface area contributed by atoms with Crippen LogP contribution in [0.1, 0.15) is 28.8 Å². The van der Waals surface area contributed by atoms with E-state index >= 15 is 0 Å². The van der Waals surface area contributed by atoms with Crippen LogP contribution in [-0.2, 0) is 6.42 Å². The highest BCUT2D eigenvalue weighted by atomic mass is 16.1. The molecule has 1 aliphatic rings. The van der Waals surface area contributed by atoms with Crippen LogP contribution in [0.5, 0.6) is 0 Å². The number of aryl methyl sites for hydroxylation is 1. The van der Waals surface area contributed by atoms with E-state index < -0.39 is 0 Å². The molecular formula is C12H15N5O. The first kappa shape index (κ1) is 12.1. The highest BCUT2D eigenvalue weighted by Gasteiger charge is 2.20. The molecule has 2 rings (SSSR count). The molecule has 0 saturated heterocycles. The molecule has 1 aliphatic carbocycles. The van der Waals surface area contributed by atoms with Crippen LogP contribution in [0.2, 0.25) is 0 Å². The highest BCUT2D eigenvalue weighted by Crippen LogP contribution is 2.29. The summed E-state index contributed by atoms with van der Waals surface area (Å²) < 4.78 is 0. The molecule has 6 N–H and O–H groups in total. The third kappa shape index (κ3) is 2.48. The van der Waals surface area contributed by atoms with Gasteiger partial charge in [0.15, 0.2) is 11.7 Å². The van der Waals surface area contributed by atoms with Gasteiger partial charge in [-0.2, -0.15) is 4.99 Å². The molecule has 0 atom stereocenters. The SMILES string of the molecule is NC(N)=NC(N)=Nc1cccc2c1C(=O)CCC2. The van der Waals surface area contributed by atoms with Crippen molar-refractivity contribution in [1.82, 2.24) is 0 Å². The van der Waals surface area contributed by atoms with Crippen molar-refractivity contribution < 1.29 is 4.79 Å². The number of nitrogens with two attached hydrogens (primary N) is 3. The first-order valence-electron chi connectivity index (χ1n) is 5.67. The maximum Gasteiger partial charge on any atom is 0.223 e. The maximum absolute atomic E-state index is 11.9. The Bertz CT molecular complexity index is 543. The van der Waals surface area contributed by atoms with Crippen molar-refractivity contribution in [2.24, 2.45) is 27.2 Å². The van der Waals surface area contributed by atoms with Crippen LogP contribution in [-0.4, -0.2) is 17.7 Å². The van der Waals surface area contributed by atoms with Crippen LogP contribution in [0.4, 0.5) is 5.69 Å². The van der Waals surface area contributed by atoms with E-state index in [0.29, 0.717) is 17.7 Å². The van der Waals surface area contributed by atoms with Gasteiger partial charge in [0.2, 0.25) is 5.96 Å². The Kier molecular flexibility index (Phi) is 3.27. The van der Waals surface area contributed by atoms with Gasteiger partial charge in [-0.1, -0.05) is 12.1 Å². The van der Waals surface area contributed by atoms with Gasteiger partial charge in [0.25, 0.3) is 0 Å². The minimum atomic E-state index is -0.160. The van der Waals surface area contributed by atoms with Gasteiger partial charge in [0.1, 0.15) is 0 Å². The topological polar surface area (TPSA) is 120 Å². The van der Waals surface area contributed by atoms with E-state index in [1.807, 2.05) is 12.1 Å². The number of hydrogen-bond acceptors (Lipinski definition) is 2. The van der Waals surface area contributed by atoms with Gasteiger partial charge in [-0.15, -0.1) is 0 Å². The zero-order valence-electron chi connectivity index (χ0n) is 9.89. The number of fused-ring (bicyclic) bond motifs is 1. The molecule has 0 saturated carbocycles. The van der Waals surface area contributed by atoms with E-state index in [0.717, 1.165) is 18.4 Å². The van der Waals surface area contributed by atoms with Crippen LogP contribution in [0, 0.1) is 0 Å². The fourth-order valence-electron chi connectivity index (χ4n) is 2.06. The maximum atomic E-state index is 11.9. The number of rotatable bonds is 1. The number of guanidine groups is 2. The molecule has 0 heterocycles. The quantitative estimate of drug-likeness (QED) is 0.490. The number of carbonyl (C=O) groups excluding carboxylic acids is 1. The Morgan fingerprint density at radius 1 is 1.17 bits per heavy atom. The lowest BCUT2D eigenvalue weighted by Crippen LogP contribution is -2.26. The predicted molar refractivity (Wildman–Crippen MR) is 70.8 cm³/mol. The molecule has 6 nitrogen and oxygen atoms in total. The number of nitrogens with zero attached hydrogens (tertiary/aromatic N) is 2. The van der Waals surface area contributed by atoms with E-state index in [4.69, 9.17) is 17.2 Å². The monoisotopic (exact) mass is 245 g/mol. The third-order valence-electron chi connectivity index (χ3n) is 2.74. The van der Waals surface area contributed by atoms with Crippen LogP contribution < -0.4 is 17.2 Å². The summed E-state index contributed by atoms with van der Waals surface area (Å²) in [7, 11) is 0. The summed E-state index contributed by atoms with van der Waals surface area (Å²) in [5.41, 5.74) is 18.2. The van der Waals surface area contributed by atoms with Crippen molar-refractivity contribution in [2.45, 2.75) is 19.3 Å². The molecule has 0 radical (unpaired) electrons. The zero-order chi connectivity index (χ0) is 13.1. The average Bonchev–Trinajstić information content (AvgIpc) is 2.28. The summed E-state index contributed by atoms with van der Waals surface area (Å²) in [5.74, 6) is -0.123. The van der Waals surface area contributed by atoms with Gasteiger partial charge in [-0.3, -0.25) is 4.79 Å². The van der Waals surface area contributed by atoms with Gasteiger partial charge in [-0.25, -0.2) is 4.99 Å². The van der Waals surface area contributed by atoms with Crippen molar-refractivity contribution in [2.75, 3.05) is 0 Å². The van der Waals surface area contributed by atoms with Crippen molar-refractivity contribution in [3.8, 4) is 0 Å². The summed E-state index contributed by atoms with van der Waals surface area (Å²) in [6.07, 6.45) is 2.30. The standard InChI is InChI=1S/C12H15N5O/c13-11(14)17-12(15)16-8-5-1-3-7-4-2-6-9(18)10(7)8/h1,3,5H,2,4,6H2,(H6,13,14,15,16,17). The molecule has 6 heteroatoms. The Hall–Kier alpha value is -2.37. The van der Waals surface area contributed by atoms with Crippen molar-refractivity contribution in [1.29, 1.82) is 0 Å². The fourth-order valence-corrected chi connectivity index (χ4v) is 2.06. The second kappa shape index (κ2) is 4.87. The van der Waals surface area contributed by atoms with Crippen LogP contribution >= 0.6 is 0 Å². The molecule has 0 bridgehead atoms. The Labute approximate surface area is 105 Å². The average molecular weight is 245 g/mol. The number of Topliss-reactive ketones (excluding diaryl/α,β-unsaturated/α-hetero) is 1. The van der Waals surface area contributed by atoms with Gasteiger partial charge >= 0.3 is 0 Å². The van der Waals surface area contributed by atoms with E-state index in [2.05, 4.69) is 9.98 Å². The third-order valence-corrected chi connectivity index (χ3v) is 2.74. The van der Waals surface area contributed by atoms with Gasteiger partial charge in [0, 0.05) is 12.0 Å². The van der Waals surface area contributed by atoms with E-state index in [9.17, 15) is 4.79 Å². The molecular weight excluding hydrogens is 230 g/mol. The second-order valence-corrected chi connectivity index (χ2v) is 4.09. The first-order valence-corrected chi connectivity index (χ1v) is 5.67. The largest absolute Gasteiger partial charge is 0.370 e. The van der Waals surface area contributed by atoms with Gasteiger partial charge in [0.05, 0.1) is 5.69 Å². The Morgan fingerprint density at radius 2 is 1.94 bits per heavy atom.